The summed E-state index contributed by atoms with van der Waals surface area (Å²) < 4.78 is 98.5. The summed E-state index contributed by atoms with van der Waals surface area (Å²) in [5.74, 6) is -2.92. The predicted molar refractivity (Wildman–Crippen MR) is 101 cm³/mol. The van der Waals surface area contributed by atoms with Gasteiger partial charge in [-0.2, -0.15) is 18.3 Å². The number of hydrogen-bond acceptors (Lipinski definition) is 5. The average Bonchev–Trinajstić information content (AvgIpc) is 3.08. The van der Waals surface area contributed by atoms with Crippen molar-refractivity contribution in [2.75, 3.05) is 7.11 Å². The number of methoxy groups -OCH3 is 1. The highest BCUT2D eigenvalue weighted by atomic mass is 32.2. The van der Waals surface area contributed by atoms with E-state index in [0.717, 1.165) is 30.0 Å². The van der Waals surface area contributed by atoms with Crippen LogP contribution in [0.25, 0.3) is 16.9 Å². The van der Waals surface area contributed by atoms with Crippen molar-refractivity contribution in [1.29, 1.82) is 0 Å². The molecular formula is C18H12F5N3O3S2. The van der Waals surface area contributed by atoms with Gasteiger partial charge in [0.05, 0.1) is 28.3 Å². The second kappa shape index (κ2) is 7.21. The third kappa shape index (κ3) is 3.55. The molecule has 164 valence electrons. The van der Waals surface area contributed by atoms with Gasteiger partial charge in [0.25, 0.3) is 0 Å². The van der Waals surface area contributed by atoms with Gasteiger partial charge in [0.15, 0.2) is 23.1 Å². The molecule has 0 saturated carbocycles. The molecule has 2 heterocycles. The molecule has 4 rings (SSSR count). The molecule has 0 spiro atoms. The molecule has 6 nitrogen and oxygen atoms in total. The molecule has 1 aliphatic heterocycles. The van der Waals surface area contributed by atoms with Crippen molar-refractivity contribution in [2.45, 2.75) is 21.7 Å². The van der Waals surface area contributed by atoms with Crippen molar-refractivity contribution in [2.24, 2.45) is 5.14 Å². The van der Waals surface area contributed by atoms with Gasteiger partial charge in [-0.1, -0.05) is 0 Å². The lowest BCUT2D eigenvalue weighted by molar-refractivity contribution is -0.143. The highest BCUT2D eigenvalue weighted by molar-refractivity contribution is 7.98. The Labute approximate surface area is 176 Å². The number of thioether (sulfide) groups is 1. The van der Waals surface area contributed by atoms with Crippen LogP contribution in [-0.4, -0.2) is 25.3 Å². The van der Waals surface area contributed by atoms with E-state index in [2.05, 4.69) is 5.10 Å². The Hall–Kier alpha value is -2.64. The van der Waals surface area contributed by atoms with Crippen molar-refractivity contribution in [3.05, 3.63) is 53.2 Å². The lowest BCUT2D eigenvalue weighted by Gasteiger charge is -2.21. The molecule has 3 aromatic rings. The Morgan fingerprint density at radius 3 is 2.39 bits per heavy atom. The van der Waals surface area contributed by atoms with Gasteiger partial charge < -0.3 is 4.74 Å². The number of halogens is 5. The number of rotatable bonds is 3. The maximum absolute atomic E-state index is 14.8. The monoisotopic (exact) mass is 477 g/mol. The molecule has 31 heavy (non-hydrogen) atoms. The summed E-state index contributed by atoms with van der Waals surface area (Å²) in [6.45, 7) is 0. The number of sulfonamides is 1. The third-order valence-electron chi connectivity index (χ3n) is 4.62. The number of nitrogens with two attached hydrogens (primary N) is 1. The van der Waals surface area contributed by atoms with E-state index in [1.807, 2.05) is 0 Å². The Balaban J connectivity index is 2.01. The standard InChI is InChI=1S/C18H12F5N3O3S2/c1-29-15-12(19)6-10-11(13(15)20)7-30-16-14(10)26(25-17(16)18(21,22)23)8-2-4-9(5-3-8)31(24,27)28/h2-6H,7H2,1H3,(H2,24,27,28). The number of aromatic nitrogens is 2. The van der Waals surface area contributed by atoms with E-state index in [0.29, 0.717) is 11.8 Å². The Morgan fingerprint density at radius 2 is 1.84 bits per heavy atom. The molecule has 13 heteroatoms. The number of nitrogens with zero attached hydrogens (tertiary/aromatic N) is 2. The first-order valence-corrected chi connectivity index (χ1v) is 11.0. The van der Waals surface area contributed by atoms with Crippen LogP contribution in [0.2, 0.25) is 0 Å². The van der Waals surface area contributed by atoms with E-state index in [9.17, 15) is 30.4 Å². The summed E-state index contributed by atoms with van der Waals surface area (Å²) in [4.78, 5) is -0.551. The number of primary sulfonamides is 1. The molecule has 0 saturated heterocycles. The van der Waals surface area contributed by atoms with Crippen LogP contribution in [0.3, 0.4) is 0 Å². The van der Waals surface area contributed by atoms with Gasteiger partial charge in [0.2, 0.25) is 10.0 Å². The maximum atomic E-state index is 14.8. The highest BCUT2D eigenvalue weighted by Gasteiger charge is 2.42. The molecule has 0 atom stereocenters. The zero-order valence-electron chi connectivity index (χ0n) is 15.5. The van der Waals surface area contributed by atoms with Gasteiger partial charge in [-0.15, -0.1) is 11.8 Å². The minimum absolute atomic E-state index is 0.0354. The second-order valence-corrected chi connectivity index (χ2v) is 9.04. The predicted octanol–water partition coefficient (Wildman–Crippen LogP) is 4.10. The average molecular weight is 477 g/mol. The summed E-state index contributed by atoms with van der Waals surface area (Å²) in [6.07, 6.45) is -4.83. The van der Waals surface area contributed by atoms with Crippen LogP contribution < -0.4 is 9.88 Å². The molecule has 0 aliphatic carbocycles. The molecule has 1 aromatic heterocycles. The molecule has 0 unspecified atom stereocenters. The van der Waals surface area contributed by atoms with Gasteiger partial charge in [-0.25, -0.2) is 27.0 Å². The lowest BCUT2D eigenvalue weighted by Crippen LogP contribution is -2.12. The van der Waals surface area contributed by atoms with E-state index in [4.69, 9.17) is 9.88 Å². The van der Waals surface area contributed by atoms with Crippen molar-refractivity contribution in [3.63, 3.8) is 0 Å². The van der Waals surface area contributed by atoms with Crippen LogP contribution in [-0.2, 0) is 22.0 Å². The molecule has 0 fully saturated rings. The first-order valence-electron chi connectivity index (χ1n) is 8.45. The fraction of sp³-hybridized carbons (Fsp3) is 0.167. The van der Waals surface area contributed by atoms with Gasteiger partial charge in [-0.3, -0.25) is 0 Å². The number of alkyl halides is 3. The fourth-order valence-electron chi connectivity index (χ4n) is 3.25. The quantitative estimate of drug-likeness (QED) is 0.574. The first-order chi connectivity index (χ1) is 14.4. The Morgan fingerprint density at radius 1 is 1.19 bits per heavy atom. The van der Waals surface area contributed by atoms with Gasteiger partial charge >= 0.3 is 6.18 Å². The first kappa shape index (κ1) is 21.6. The van der Waals surface area contributed by atoms with E-state index < -0.39 is 39.3 Å². The summed E-state index contributed by atoms with van der Waals surface area (Å²) >= 11 is 0.710. The van der Waals surface area contributed by atoms with Crippen LogP contribution >= 0.6 is 11.8 Å². The minimum Gasteiger partial charge on any atom is -0.491 e. The van der Waals surface area contributed by atoms with E-state index in [1.54, 1.807) is 0 Å². The van der Waals surface area contributed by atoms with Crippen molar-refractivity contribution < 1.29 is 35.1 Å². The van der Waals surface area contributed by atoms with Crippen LogP contribution in [0.5, 0.6) is 5.75 Å². The van der Waals surface area contributed by atoms with E-state index in [1.165, 1.54) is 12.1 Å². The van der Waals surface area contributed by atoms with Crippen molar-refractivity contribution in [1.82, 2.24) is 9.78 Å². The maximum Gasteiger partial charge on any atom is 0.436 e. The number of fused-ring (bicyclic) bond motifs is 3. The Kier molecular flexibility index (Phi) is 5.02. The van der Waals surface area contributed by atoms with Crippen LogP contribution in [0.4, 0.5) is 22.0 Å². The normalized spacial score (nSPS) is 13.6. The summed E-state index contributed by atoms with van der Waals surface area (Å²) in [7, 11) is -2.95. The molecule has 1 aliphatic rings. The molecular weight excluding hydrogens is 465 g/mol. The second-order valence-electron chi connectivity index (χ2n) is 6.50. The smallest absolute Gasteiger partial charge is 0.436 e. The van der Waals surface area contributed by atoms with Gasteiger partial charge in [0.1, 0.15) is 0 Å². The van der Waals surface area contributed by atoms with Crippen LogP contribution in [0, 0.1) is 11.6 Å². The highest BCUT2D eigenvalue weighted by Crippen LogP contribution is 2.50. The molecule has 0 bridgehead atoms. The van der Waals surface area contributed by atoms with Crippen LogP contribution in [0.15, 0.2) is 40.1 Å². The summed E-state index contributed by atoms with van der Waals surface area (Å²) in [5, 5.41) is 8.68. The molecule has 0 amide bonds. The summed E-state index contributed by atoms with van der Waals surface area (Å²) in [5.41, 5.74) is -1.48. The Bertz CT molecular complexity index is 1300. The van der Waals surface area contributed by atoms with Crippen molar-refractivity contribution in [3.8, 4) is 22.7 Å². The zero-order chi connectivity index (χ0) is 22.7. The minimum atomic E-state index is -4.83. The molecule has 2 aromatic carbocycles. The van der Waals surface area contributed by atoms with Gasteiger partial charge in [-0.05, 0) is 30.3 Å². The number of benzene rings is 2. The number of hydrogen-bond donors (Lipinski definition) is 1. The fourth-order valence-corrected chi connectivity index (χ4v) is 4.96. The molecule has 0 radical (unpaired) electrons. The van der Waals surface area contributed by atoms with Crippen molar-refractivity contribution >= 4 is 21.8 Å². The van der Waals surface area contributed by atoms with E-state index >= 15 is 0 Å². The largest absolute Gasteiger partial charge is 0.491 e. The van der Waals surface area contributed by atoms with Crippen LogP contribution in [0.1, 0.15) is 11.3 Å². The topological polar surface area (TPSA) is 87.2 Å². The zero-order valence-corrected chi connectivity index (χ0v) is 17.1. The molecule has 2 N–H and O–H groups in total. The summed E-state index contributed by atoms with van der Waals surface area (Å²) in [6, 6.07) is 5.48. The lowest BCUT2D eigenvalue weighted by atomic mass is 10.0. The van der Waals surface area contributed by atoms with E-state index in [-0.39, 0.29) is 38.1 Å². The number of ether oxygens (including phenoxy) is 1. The third-order valence-corrected chi connectivity index (χ3v) is 6.66. The SMILES string of the molecule is COc1c(F)cc2c(c1F)CSc1c(C(F)(F)F)nn(-c3ccc(S(N)(=O)=O)cc3)c1-2. The van der Waals surface area contributed by atoms with Gasteiger partial charge in [0, 0.05) is 16.9 Å².